The summed E-state index contributed by atoms with van der Waals surface area (Å²) in [6.45, 7) is 2.09. The fourth-order valence-electron chi connectivity index (χ4n) is 1.87. The quantitative estimate of drug-likeness (QED) is 0.522. The van der Waals surface area contributed by atoms with Gasteiger partial charge in [-0.1, -0.05) is 72.1 Å². The second-order valence-corrected chi connectivity index (χ2v) is 6.79. The zero-order valence-electron chi connectivity index (χ0n) is 10.6. The van der Waals surface area contributed by atoms with Crippen molar-refractivity contribution in [2.45, 2.75) is 11.8 Å². The highest BCUT2D eigenvalue weighted by Gasteiger charge is 2.17. The first-order chi connectivity index (χ1) is 9.04. The lowest BCUT2D eigenvalue weighted by Crippen LogP contribution is -1.97. The molecule has 0 aliphatic carbocycles. The van der Waals surface area contributed by atoms with Crippen LogP contribution >= 0.6 is 47.8 Å². The average Bonchev–Trinajstić information content (AvgIpc) is 2.41. The molecule has 4 heteroatoms. The predicted molar refractivity (Wildman–Crippen MR) is 90.3 cm³/mol. The van der Waals surface area contributed by atoms with Crippen LogP contribution in [0.3, 0.4) is 0 Å². The Labute approximate surface area is 138 Å². The zero-order chi connectivity index (χ0) is 14.0. The Balaban J connectivity index is 2.44. The maximum absolute atomic E-state index is 5.22. The molecule has 0 bridgehead atoms. The molecule has 0 N–H and O–H groups in total. The molecule has 0 amide bonds. The predicted octanol–water partition coefficient (Wildman–Crippen LogP) is 6.01. The lowest BCUT2D eigenvalue weighted by atomic mass is 10.0. The minimum atomic E-state index is 0.127. The van der Waals surface area contributed by atoms with Crippen LogP contribution in [0.5, 0.6) is 5.75 Å². The molecule has 0 aromatic heterocycles. The first-order valence-corrected chi connectivity index (χ1v) is 8.27. The third kappa shape index (κ3) is 3.23. The molecule has 0 saturated carbocycles. The lowest BCUT2D eigenvalue weighted by molar-refractivity contribution is 0.414. The van der Waals surface area contributed by atoms with Crippen molar-refractivity contribution in [3.8, 4) is 5.75 Å². The molecule has 2 aromatic carbocycles. The standard InChI is InChI=1S/C15H13Br3O/c1-9-4-3-5-12(14(9)17)15(18)11-7-6-10(19-2)8-13(11)16/h3-8,15H,1-2H3. The Bertz CT molecular complexity index is 596. The number of hydrogen-bond acceptors (Lipinski definition) is 1. The second-order valence-electron chi connectivity index (χ2n) is 4.23. The molecule has 0 radical (unpaired) electrons. The average molecular weight is 449 g/mol. The van der Waals surface area contributed by atoms with E-state index in [1.54, 1.807) is 7.11 Å². The van der Waals surface area contributed by atoms with Crippen molar-refractivity contribution in [3.05, 3.63) is 62.0 Å². The van der Waals surface area contributed by atoms with Gasteiger partial charge < -0.3 is 4.74 Å². The fourth-order valence-corrected chi connectivity index (χ4v) is 4.35. The van der Waals surface area contributed by atoms with Crippen LogP contribution in [0.25, 0.3) is 0 Å². The lowest BCUT2D eigenvalue weighted by Gasteiger charge is -2.16. The molecule has 0 aliphatic heterocycles. The van der Waals surface area contributed by atoms with E-state index in [9.17, 15) is 0 Å². The van der Waals surface area contributed by atoms with Gasteiger partial charge in [-0.3, -0.25) is 0 Å². The van der Waals surface area contributed by atoms with E-state index in [4.69, 9.17) is 4.74 Å². The maximum atomic E-state index is 5.22. The minimum Gasteiger partial charge on any atom is -0.497 e. The third-order valence-electron chi connectivity index (χ3n) is 2.98. The summed E-state index contributed by atoms with van der Waals surface area (Å²) in [6, 6.07) is 12.3. The molecule has 2 aromatic rings. The van der Waals surface area contributed by atoms with Gasteiger partial charge >= 0.3 is 0 Å². The van der Waals surface area contributed by atoms with Crippen molar-refractivity contribution in [1.29, 1.82) is 0 Å². The summed E-state index contributed by atoms with van der Waals surface area (Å²) in [7, 11) is 1.67. The van der Waals surface area contributed by atoms with E-state index in [-0.39, 0.29) is 4.83 Å². The van der Waals surface area contributed by atoms with Crippen LogP contribution in [0.2, 0.25) is 0 Å². The summed E-state index contributed by atoms with van der Waals surface area (Å²) in [6.07, 6.45) is 0. The van der Waals surface area contributed by atoms with Crippen molar-refractivity contribution in [2.75, 3.05) is 7.11 Å². The smallest absolute Gasteiger partial charge is 0.120 e. The van der Waals surface area contributed by atoms with Crippen LogP contribution < -0.4 is 4.74 Å². The van der Waals surface area contributed by atoms with Gasteiger partial charge in [0.1, 0.15) is 5.75 Å². The number of aryl methyl sites for hydroxylation is 1. The van der Waals surface area contributed by atoms with Crippen LogP contribution in [0, 0.1) is 6.92 Å². The molecule has 0 saturated heterocycles. The van der Waals surface area contributed by atoms with Crippen LogP contribution in [0.1, 0.15) is 21.5 Å². The van der Waals surface area contributed by atoms with E-state index in [2.05, 4.69) is 79.0 Å². The van der Waals surface area contributed by atoms with Crippen molar-refractivity contribution < 1.29 is 4.74 Å². The van der Waals surface area contributed by atoms with Crippen molar-refractivity contribution in [3.63, 3.8) is 0 Å². The Morgan fingerprint density at radius 3 is 2.42 bits per heavy atom. The summed E-state index contributed by atoms with van der Waals surface area (Å²) in [5.74, 6) is 0.846. The van der Waals surface area contributed by atoms with E-state index >= 15 is 0 Å². The summed E-state index contributed by atoms with van der Waals surface area (Å²) >= 11 is 11.0. The highest BCUT2D eigenvalue weighted by Crippen LogP contribution is 2.40. The monoisotopic (exact) mass is 446 g/mol. The first kappa shape index (κ1) is 15.1. The molecular formula is C15H13Br3O. The van der Waals surface area contributed by atoms with Gasteiger partial charge in [-0.05, 0) is 35.7 Å². The molecule has 0 spiro atoms. The number of ether oxygens (including phenoxy) is 1. The van der Waals surface area contributed by atoms with Crippen molar-refractivity contribution >= 4 is 47.8 Å². The number of methoxy groups -OCH3 is 1. The molecule has 2 rings (SSSR count). The normalized spacial score (nSPS) is 12.3. The molecule has 1 atom stereocenters. The van der Waals surface area contributed by atoms with E-state index in [1.807, 2.05) is 12.1 Å². The number of halogens is 3. The van der Waals surface area contributed by atoms with Gasteiger partial charge in [0.05, 0.1) is 11.9 Å². The molecular weight excluding hydrogens is 436 g/mol. The Kier molecular flexibility index (Phi) is 5.09. The van der Waals surface area contributed by atoms with Crippen LogP contribution in [0.15, 0.2) is 45.3 Å². The molecule has 0 heterocycles. The largest absolute Gasteiger partial charge is 0.497 e. The Morgan fingerprint density at radius 1 is 1.05 bits per heavy atom. The number of rotatable bonds is 3. The molecule has 0 fully saturated rings. The van der Waals surface area contributed by atoms with E-state index in [0.29, 0.717) is 0 Å². The second kappa shape index (κ2) is 6.42. The SMILES string of the molecule is COc1ccc(C(Br)c2cccc(C)c2Br)c(Br)c1. The first-order valence-electron chi connectivity index (χ1n) is 5.77. The highest BCUT2D eigenvalue weighted by atomic mass is 79.9. The number of benzene rings is 2. The van der Waals surface area contributed by atoms with Crippen LogP contribution in [-0.2, 0) is 0 Å². The van der Waals surface area contributed by atoms with Gasteiger partial charge in [0.15, 0.2) is 0 Å². The minimum absolute atomic E-state index is 0.127. The van der Waals surface area contributed by atoms with Gasteiger partial charge in [0.2, 0.25) is 0 Å². The number of alkyl halides is 1. The molecule has 0 aliphatic rings. The third-order valence-corrected chi connectivity index (χ3v) is 5.73. The van der Waals surface area contributed by atoms with Crippen molar-refractivity contribution in [2.24, 2.45) is 0 Å². The summed E-state index contributed by atoms with van der Waals surface area (Å²) < 4.78 is 7.39. The molecule has 1 unspecified atom stereocenters. The highest BCUT2D eigenvalue weighted by molar-refractivity contribution is 9.11. The zero-order valence-corrected chi connectivity index (χ0v) is 15.3. The maximum Gasteiger partial charge on any atom is 0.120 e. The Hall–Kier alpha value is -0.320. The van der Waals surface area contributed by atoms with Gasteiger partial charge in [-0.15, -0.1) is 0 Å². The van der Waals surface area contributed by atoms with Crippen molar-refractivity contribution in [1.82, 2.24) is 0 Å². The van der Waals surface area contributed by atoms with Gasteiger partial charge in [0, 0.05) is 8.95 Å². The van der Waals surface area contributed by atoms with Gasteiger partial charge in [0.25, 0.3) is 0 Å². The topological polar surface area (TPSA) is 9.23 Å². The molecule has 1 nitrogen and oxygen atoms in total. The van der Waals surface area contributed by atoms with E-state index < -0.39 is 0 Å². The van der Waals surface area contributed by atoms with Crippen LogP contribution in [-0.4, -0.2) is 7.11 Å². The number of hydrogen-bond donors (Lipinski definition) is 0. The summed E-state index contributed by atoms with van der Waals surface area (Å²) in [5.41, 5.74) is 3.62. The fraction of sp³-hybridized carbons (Fsp3) is 0.200. The van der Waals surface area contributed by atoms with Crippen LogP contribution in [0.4, 0.5) is 0 Å². The summed E-state index contributed by atoms with van der Waals surface area (Å²) in [4.78, 5) is 0.127. The van der Waals surface area contributed by atoms with E-state index in [1.165, 1.54) is 16.7 Å². The van der Waals surface area contributed by atoms with Gasteiger partial charge in [-0.2, -0.15) is 0 Å². The summed E-state index contributed by atoms with van der Waals surface area (Å²) in [5, 5.41) is 0. The van der Waals surface area contributed by atoms with E-state index in [0.717, 1.165) is 14.7 Å². The molecule has 19 heavy (non-hydrogen) atoms. The van der Waals surface area contributed by atoms with Gasteiger partial charge in [-0.25, -0.2) is 0 Å². The molecule has 100 valence electrons. The Morgan fingerprint density at radius 2 is 1.79 bits per heavy atom.